The van der Waals surface area contributed by atoms with Crippen LogP contribution >= 0.6 is 0 Å². The SMILES string of the molecule is CC(C)[C@H](C)CCOC(=O)CCNC(C)(C)C. The molecule has 0 saturated carbocycles. The predicted molar refractivity (Wildman–Crippen MR) is 72.0 cm³/mol. The molecule has 17 heavy (non-hydrogen) atoms. The van der Waals surface area contributed by atoms with Gasteiger partial charge in [0.05, 0.1) is 13.0 Å². The van der Waals surface area contributed by atoms with E-state index in [2.05, 4.69) is 46.9 Å². The first-order chi connectivity index (χ1) is 7.72. The number of rotatable bonds is 7. The lowest BCUT2D eigenvalue weighted by molar-refractivity contribution is -0.144. The molecule has 3 nitrogen and oxygen atoms in total. The summed E-state index contributed by atoms with van der Waals surface area (Å²) in [6.45, 7) is 14.1. The number of esters is 1. The summed E-state index contributed by atoms with van der Waals surface area (Å²) in [6, 6.07) is 0. The molecule has 0 aliphatic rings. The molecule has 102 valence electrons. The van der Waals surface area contributed by atoms with Gasteiger partial charge in [-0.05, 0) is 39.0 Å². The number of nitrogens with one attached hydrogen (secondary N) is 1. The van der Waals surface area contributed by atoms with Gasteiger partial charge in [0.15, 0.2) is 0 Å². The monoisotopic (exact) mass is 243 g/mol. The molecule has 0 aliphatic carbocycles. The van der Waals surface area contributed by atoms with Gasteiger partial charge in [-0.1, -0.05) is 20.8 Å². The molecule has 0 aliphatic heterocycles. The first kappa shape index (κ1) is 16.4. The molecular formula is C14H29NO2. The van der Waals surface area contributed by atoms with Gasteiger partial charge in [0.2, 0.25) is 0 Å². The molecule has 3 heteroatoms. The molecular weight excluding hydrogens is 214 g/mol. The fraction of sp³-hybridized carbons (Fsp3) is 0.929. The Hall–Kier alpha value is -0.570. The highest BCUT2D eigenvalue weighted by Gasteiger charge is 2.11. The largest absolute Gasteiger partial charge is 0.466 e. The van der Waals surface area contributed by atoms with Crippen molar-refractivity contribution in [3.8, 4) is 0 Å². The molecule has 0 radical (unpaired) electrons. The Kier molecular flexibility index (Phi) is 7.44. The zero-order chi connectivity index (χ0) is 13.5. The number of carbonyl (C=O) groups is 1. The number of hydrogen-bond donors (Lipinski definition) is 1. The van der Waals surface area contributed by atoms with E-state index in [9.17, 15) is 4.79 Å². The fourth-order valence-electron chi connectivity index (χ4n) is 1.30. The summed E-state index contributed by atoms with van der Waals surface area (Å²) in [6.07, 6.45) is 1.41. The molecule has 0 rings (SSSR count). The summed E-state index contributed by atoms with van der Waals surface area (Å²) in [5.74, 6) is 1.16. The van der Waals surface area contributed by atoms with Gasteiger partial charge >= 0.3 is 5.97 Å². The lowest BCUT2D eigenvalue weighted by atomic mass is 9.95. The van der Waals surface area contributed by atoms with Crippen molar-refractivity contribution in [2.75, 3.05) is 13.2 Å². The summed E-state index contributed by atoms with van der Waals surface area (Å²) >= 11 is 0. The van der Waals surface area contributed by atoms with E-state index in [0.717, 1.165) is 6.42 Å². The van der Waals surface area contributed by atoms with Crippen LogP contribution in [0.25, 0.3) is 0 Å². The summed E-state index contributed by atoms with van der Waals surface area (Å²) in [7, 11) is 0. The first-order valence-electron chi connectivity index (χ1n) is 6.63. The van der Waals surface area contributed by atoms with Crippen LogP contribution < -0.4 is 5.32 Å². The van der Waals surface area contributed by atoms with Gasteiger partial charge in [0.25, 0.3) is 0 Å². The van der Waals surface area contributed by atoms with E-state index in [1.165, 1.54) is 0 Å². The molecule has 0 aromatic rings. The van der Waals surface area contributed by atoms with Crippen molar-refractivity contribution in [1.29, 1.82) is 0 Å². The van der Waals surface area contributed by atoms with Crippen molar-refractivity contribution >= 4 is 5.97 Å². The normalized spacial score (nSPS) is 13.8. The van der Waals surface area contributed by atoms with Crippen LogP contribution in [0.2, 0.25) is 0 Å². The predicted octanol–water partition coefficient (Wildman–Crippen LogP) is 2.99. The highest BCUT2D eigenvalue weighted by Crippen LogP contribution is 2.13. The van der Waals surface area contributed by atoms with Crippen molar-refractivity contribution in [2.24, 2.45) is 11.8 Å². The molecule has 0 bridgehead atoms. The zero-order valence-electron chi connectivity index (χ0n) is 12.3. The topological polar surface area (TPSA) is 38.3 Å². The van der Waals surface area contributed by atoms with Crippen molar-refractivity contribution in [3.63, 3.8) is 0 Å². The smallest absolute Gasteiger partial charge is 0.307 e. The van der Waals surface area contributed by atoms with Gasteiger partial charge in [-0.3, -0.25) is 4.79 Å². The molecule has 0 amide bonds. The van der Waals surface area contributed by atoms with Crippen LogP contribution in [0.3, 0.4) is 0 Å². The van der Waals surface area contributed by atoms with Crippen molar-refractivity contribution in [3.05, 3.63) is 0 Å². The lowest BCUT2D eigenvalue weighted by Gasteiger charge is -2.20. The number of carbonyl (C=O) groups excluding carboxylic acids is 1. The molecule has 1 atom stereocenters. The molecule has 0 aromatic carbocycles. The second-order valence-electron chi connectivity index (χ2n) is 6.16. The van der Waals surface area contributed by atoms with Crippen molar-refractivity contribution in [1.82, 2.24) is 5.32 Å². The Labute approximate surface area is 106 Å². The van der Waals surface area contributed by atoms with Gasteiger partial charge in [0, 0.05) is 12.1 Å². The molecule has 0 fully saturated rings. The van der Waals surface area contributed by atoms with E-state index >= 15 is 0 Å². The highest BCUT2D eigenvalue weighted by molar-refractivity contribution is 5.69. The van der Waals surface area contributed by atoms with Gasteiger partial charge in [-0.25, -0.2) is 0 Å². The number of ether oxygens (including phenoxy) is 1. The average Bonchev–Trinajstić information content (AvgIpc) is 2.15. The molecule has 0 aromatic heterocycles. The Bertz CT molecular complexity index is 219. The summed E-state index contributed by atoms with van der Waals surface area (Å²) in [4.78, 5) is 11.4. The standard InChI is InChI=1S/C14H29NO2/c1-11(2)12(3)8-10-17-13(16)7-9-15-14(4,5)6/h11-12,15H,7-10H2,1-6H3/t12-/m1/s1. The minimum Gasteiger partial charge on any atom is -0.466 e. The Balaban J connectivity index is 3.54. The average molecular weight is 243 g/mol. The quantitative estimate of drug-likeness (QED) is 0.699. The van der Waals surface area contributed by atoms with Gasteiger partial charge in [0.1, 0.15) is 0 Å². The van der Waals surface area contributed by atoms with Gasteiger partial charge in [-0.15, -0.1) is 0 Å². The van der Waals surface area contributed by atoms with Crippen molar-refractivity contribution in [2.45, 2.75) is 59.9 Å². The molecule has 0 heterocycles. The molecule has 0 unspecified atom stereocenters. The van der Waals surface area contributed by atoms with Gasteiger partial charge in [-0.2, -0.15) is 0 Å². The third kappa shape index (κ3) is 10.3. The summed E-state index contributed by atoms with van der Waals surface area (Å²) in [5, 5.41) is 3.27. The Morgan fingerprint density at radius 1 is 1.24 bits per heavy atom. The zero-order valence-corrected chi connectivity index (χ0v) is 12.3. The third-order valence-electron chi connectivity index (χ3n) is 2.96. The van der Waals surface area contributed by atoms with Crippen LogP contribution in [0.15, 0.2) is 0 Å². The number of hydrogen-bond acceptors (Lipinski definition) is 3. The Morgan fingerprint density at radius 2 is 1.82 bits per heavy atom. The van der Waals surface area contributed by atoms with Gasteiger partial charge < -0.3 is 10.1 Å². The van der Waals surface area contributed by atoms with Crippen LogP contribution in [0, 0.1) is 11.8 Å². The highest BCUT2D eigenvalue weighted by atomic mass is 16.5. The third-order valence-corrected chi connectivity index (χ3v) is 2.96. The second-order valence-corrected chi connectivity index (χ2v) is 6.16. The van der Waals surface area contributed by atoms with Crippen LogP contribution in [0.1, 0.15) is 54.4 Å². The van der Waals surface area contributed by atoms with Crippen LogP contribution in [0.5, 0.6) is 0 Å². The molecule has 0 saturated heterocycles. The molecule has 0 spiro atoms. The summed E-state index contributed by atoms with van der Waals surface area (Å²) in [5.41, 5.74) is 0.0619. The fourth-order valence-corrected chi connectivity index (χ4v) is 1.30. The lowest BCUT2D eigenvalue weighted by Crippen LogP contribution is -2.37. The van der Waals surface area contributed by atoms with Crippen LogP contribution in [-0.4, -0.2) is 24.7 Å². The van der Waals surface area contributed by atoms with Crippen LogP contribution in [-0.2, 0) is 9.53 Å². The minimum atomic E-state index is -0.0993. The Morgan fingerprint density at radius 3 is 2.29 bits per heavy atom. The second kappa shape index (κ2) is 7.70. The maximum atomic E-state index is 11.4. The van der Waals surface area contributed by atoms with E-state index < -0.39 is 0 Å². The van der Waals surface area contributed by atoms with E-state index in [0.29, 0.717) is 31.4 Å². The van der Waals surface area contributed by atoms with E-state index in [1.807, 2.05) is 0 Å². The maximum Gasteiger partial charge on any atom is 0.307 e. The maximum absolute atomic E-state index is 11.4. The van der Waals surface area contributed by atoms with E-state index in [-0.39, 0.29) is 11.5 Å². The first-order valence-corrected chi connectivity index (χ1v) is 6.63. The van der Waals surface area contributed by atoms with Crippen molar-refractivity contribution < 1.29 is 9.53 Å². The molecule has 1 N–H and O–H groups in total. The summed E-state index contributed by atoms with van der Waals surface area (Å²) < 4.78 is 5.20. The van der Waals surface area contributed by atoms with Crippen LogP contribution in [0.4, 0.5) is 0 Å². The van der Waals surface area contributed by atoms with E-state index in [1.54, 1.807) is 0 Å². The minimum absolute atomic E-state index is 0.0619. The van der Waals surface area contributed by atoms with E-state index in [4.69, 9.17) is 4.74 Å².